The first-order valence-corrected chi connectivity index (χ1v) is 7.36. The van der Waals surface area contributed by atoms with Crippen LogP contribution in [-0.4, -0.2) is 18.6 Å². The fourth-order valence-electron chi connectivity index (χ4n) is 1.88. The normalized spacial score (nSPS) is 11.6. The van der Waals surface area contributed by atoms with Gasteiger partial charge in [0.2, 0.25) is 0 Å². The maximum Gasteiger partial charge on any atom is 0.265 e. The summed E-state index contributed by atoms with van der Waals surface area (Å²) in [5.74, 6) is -0.393. The van der Waals surface area contributed by atoms with Crippen molar-refractivity contribution in [1.82, 2.24) is 10.2 Å². The number of rotatable bonds is 4. The molecule has 4 N–H and O–H groups in total. The topological polar surface area (TPSA) is 101 Å². The molecule has 0 saturated carbocycles. The number of H-pyrrole nitrogens is 1. The van der Waals surface area contributed by atoms with Crippen molar-refractivity contribution in [3.63, 3.8) is 0 Å². The number of anilines is 1. The Labute approximate surface area is 116 Å². The quantitative estimate of drug-likeness (QED) is 0.794. The summed E-state index contributed by atoms with van der Waals surface area (Å²) in [6.45, 7) is 3.15. The minimum absolute atomic E-state index is 0.00300. The number of nitrogens with one attached hydrogen (secondary N) is 2. The van der Waals surface area contributed by atoms with E-state index >= 15 is 0 Å². The predicted octanol–water partition coefficient (Wildman–Crippen LogP) is 1.43. The molecule has 0 aliphatic carbocycles. The molecule has 1 heterocycles. The summed E-state index contributed by atoms with van der Waals surface area (Å²) in [4.78, 5) is 0.0296. The van der Waals surface area contributed by atoms with Gasteiger partial charge >= 0.3 is 0 Å². The van der Waals surface area contributed by atoms with Crippen LogP contribution in [0.15, 0.2) is 23.1 Å². The van der Waals surface area contributed by atoms with Gasteiger partial charge in [-0.15, -0.1) is 0 Å². The summed E-state index contributed by atoms with van der Waals surface area (Å²) in [7, 11) is -3.82. The predicted molar refractivity (Wildman–Crippen MR) is 73.2 cm³/mol. The molecule has 0 aliphatic heterocycles. The molecule has 0 saturated heterocycles. The zero-order chi connectivity index (χ0) is 14.9. The molecule has 0 amide bonds. The summed E-state index contributed by atoms with van der Waals surface area (Å²) in [5, 5.41) is 6.44. The Hall–Kier alpha value is -1.93. The van der Waals surface area contributed by atoms with Crippen molar-refractivity contribution in [2.75, 3.05) is 4.72 Å². The summed E-state index contributed by atoms with van der Waals surface area (Å²) >= 11 is 0. The first-order valence-electron chi connectivity index (χ1n) is 5.88. The molecule has 0 radical (unpaired) electrons. The van der Waals surface area contributed by atoms with Gasteiger partial charge in [-0.2, -0.15) is 5.10 Å². The van der Waals surface area contributed by atoms with Gasteiger partial charge in [0, 0.05) is 12.2 Å². The Bertz CT molecular complexity index is 740. The van der Waals surface area contributed by atoms with Crippen molar-refractivity contribution in [2.24, 2.45) is 5.73 Å². The van der Waals surface area contributed by atoms with Gasteiger partial charge in [-0.1, -0.05) is 0 Å². The molecule has 0 bridgehead atoms. The lowest BCUT2D eigenvalue weighted by molar-refractivity contribution is 0.599. The summed E-state index contributed by atoms with van der Waals surface area (Å²) in [6.07, 6.45) is 0. The molecule has 1 aromatic heterocycles. The van der Waals surface area contributed by atoms with E-state index in [1.807, 2.05) is 0 Å². The van der Waals surface area contributed by atoms with Crippen LogP contribution in [0, 0.1) is 19.7 Å². The molecule has 20 heavy (non-hydrogen) atoms. The second-order valence-electron chi connectivity index (χ2n) is 4.40. The Morgan fingerprint density at radius 3 is 2.70 bits per heavy atom. The second kappa shape index (κ2) is 5.22. The van der Waals surface area contributed by atoms with Gasteiger partial charge in [0.1, 0.15) is 10.7 Å². The standard InChI is InChI=1S/C12H15FN4O2S/c1-7-5-9(3-4-10(7)13)17-20(18,19)12-8(2)15-16-11(12)6-14/h3-5,17H,6,14H2,1-2H3,(H,15,16). The van der Waals surface area contributed by atoms with Crippen LogP contribution in [0.1, 0.15) is 17.0 Å². The Balaban J connectivity index is 2.40. The largest absolute Gasteiger partial charge is 0.325 e. The molecule has 0 unspecified atom stereocenters. The molecule has 2 rings (SSSR count). The van der Waals surface area contributed by atoms with Crippen molar-refractivity contribution in [3.8, 4) is 0 Å². The average Bonchev–Trinajstić information content (AvgIpc) is 2.75. The zero-order valence-corrected chi connectivity index (χ0v) is 11.9. The second-order valence-corrected chi connectivity index (χ2v) is 6.02. The highest BCUT2D eigenvalue weighted by Gasteiger charge is 2.23. The minimum Gasteiger partial charge on any atom is -0.325 e. The fraction of sp³-hybridized carbons (Fsp3) is 0.250. The highest BCUT2D eigenvalue weighted by Crippen LogP contribution is 2.22. The van der Waals surface area contributed by atoms with E-state index in [-0.39, 0.29) is 22.8 Å². The lowest BCUT2D eigenvalue weighted by Gasteiger charge is -2.09. The lowest BCUT2D eigenvalue weighted by Crippen LogP contribution is -2.16. The number of nitrogens with zero attached hydrogens (tertiary/aromatic N) is 1. The molecule has 108 valence electrons. The minimum atomic E-state index is -3.82. The molecular weight excluding hydrogens is 283 g/mol. The van der Waals surface area contributed by atoms with Crippen LogP contribution in [0.4, 0.5) is 10.1 Å². The highest BCUT2D eigenvalue weighted by molar-refractivity contribution is 7.92. The third-order valence-corrected chi connectivity index (χ3v) is 4.42. The van der Waals surface area contributed by atoms with Gasteiger partial charge in [-0.05, 0) is 37.6 Å². The molecule has 6 nitrogen and oxygen atoms in total. The van der Waals surface area contributed by atoms with Gasteiger partial charge in [0.15, 0.2) is 0 Å². The van der Waals surface area contributed by atoms with Crippen molar-refractivity contribution < 1.29 is 12.8 Å². The van der Waals surface area contributed by atoms with Crippen LogP contribution in [0.3, 0.4) is 0 Å². The summed E-state index contributed by atoms with van der Waals surface area (Å²) in [5.41, 5.74) is 6.77. The van der Waals surface area contributed by atoms with Crippen molar-refractivity contribution in [3.05, 3.63) is 41.0 Å². The van der Waals surface area contributed by atoms with Crippen LogP contribution < -0.4 is 10.5 Å². The molecule has 1 aromatic carbocycles. The zero-order valence-electron chi connectivity index (χ0n) is 11.1. The van der Waals surface area contributed by atoms with E-state index in [0.29, 0.717) is 11.3 Å². The van der Waals surface area contributed by atoms with Crippen molar-refractivity contribution >= 4 is 15.7 Å². The molecule has 0 aliphatic rings. The molecule has 0 spiro atoms. The van der Waals surface area contributed by atoms with Gasteiger partial charge in [0.05, 0.1) is 11.4 Å². The van der Waals surface area contributed by atoms with E-state index in [2.05, 4.69) is 14.9 Å². The van der Waals surface area contributed by atoms with E-state index in [1.165, 1.54) is 18.2 Å². The lowest BCUT2D eigenvalue weighted by atomic mass is 10.2. The van der Waals surface area contributed by atoms with Gasteiger partial charge in [-0.25, -0.2) is 12.8 Å². The molecule has 0 atom stereocenters. The van der Waals surface area contributed by atoms with Crippen LogP contribution in [-0.2, 0) is 16.6 Å². The number of nitrogens with two attached hydrogens (primary N) is 1. The monoisotopic (exact) mass is 298 g/mol. The van der Waals surface area contributed by atoms with Gasteiger partial charge in [-0.3, -0.25) is 9.82 Å². The number of hydrogen-bond acceptors (Lipinski definition) is 4. The van der Waals surface area contributed by atoms with E-state index in [1.54, 1.807) is 13.8 Å². The van der Waals surface area contributed by atoms with Crippen LogP contribution in [0.5, 0.6) is 0 Å². The molecule has 2 aromatic rings. The first-order chi connectivity index (χ1) is 9.35. The maximum atomic E-state index is 13.2. The molecule has 0 fully saturated rings. The first kappa shape index (κ1) is 14.5. The summed E-state index contributed by atoms with van der Waals surface area (Å²) < 4.78 is 40.3. The van der Waals surface area contributed by atoms with Gasteiger partial charge in [0.25, 0.3) is 10.0 Å². The Morgan fingerprint density at radius 1 is 1.40 bits per heavy atom. The van der Waals surface area contributed by atoms with E-state index in [4.69, 9.17) is 5.73 Å². The molecule has 8 heteroatoms. The molecular formula is C12H15FN4O2S. The number of hydrogen-bond donors (Lipinski definition) is 3. The Morgan fingerprint density at radius 2 is 2.10 bits per heavy atom. The van der Waals surface area contributed by atoms with Crippen molar-refractivity contribution in [1.29, 1.82) is 0 Å². The third kappa shape index (κ3) is 2.66. The fourth-order valence-corrected chi connectivity index (χ4v) is 3.31. The summed E-state index contributed by atoms with van der Waals surface area (Å²) in [6, 6.07) is 3.99. The van der Waals surface area contributed by atoms with Crippen LogP contribution in [0.25, 0.3) is 0 Å². The number of aromatic nitrogens is 2. The van der Waals surface area contributed by atoms with E-state index in [0.717, 1.165) is 0 Å². The third-order valence-electron chi connectivity index (χ3n) is 2.83. The Kier molecular flexibility index (Phi) is 3.78. The highest BCUT2D eigenvalue weighted by atomic mass is 32.2. The number of benzene rings is 1. The van der Waals surface area contributed by atoms with E-state index < -0.39 is 15.8 Å². The number of aryl methyl sites for hydroxylation is 2. The smallest absolute Gasteiger partial charge is 0.265 e. The van der Waals surface area contributed by atoms with Crippen molar-refractivity contribution in [2.45, 2.75) is 25.3 Å². The van der Waals surface area contributed by atoms with E-state index in [9.17, 15) is 12.8 Å². The average molecular weight is 298 g/mol. The van der Waals surface area contributed by atoms with Gasteiger partial charge < -0.3 is 5.73 Å². The SMILES string of the molecule is Cc1cc(NS(=O)(=O)c2c(CN)n[nH]c2C)ccc1F. The number of halogens is 1. The maximum absolute atomic E-state index is 13.2. The number of aromatic amines is 1. The number of sulfonamides is 1. The van der Waals surface area contributed by atoms with Crippen LogP contribution in [0.2, 0.25) is 0 Å². The van der Waals surface area contributed by atoms with Crippen LogP contribution >= 0.6 is 0 Å².